The van der Waals surface area contributed by atoms with Crippen molar-refractivity contribution in [2.45, 2.75) is 13.3 Å². The molecule has 82 valence electrons. The molecule has 0 fully saturated rings. The van der Waals surface area contributed by atoms with Gasteiger partial charge >= 0.3 is 0 Å². The summed E-state index contributed by atoms with van der Waals surface area (Å²) in [7, 11) is 1.40. The molecule has 0 unspecified atom stereocenters. The maximum Gasteiger partial charge on any atom is 0.246 e. The number of hydrogen-bond acceptors (Lipinski definition) is 3. The van der Waals surface area contributed by atoms with Crippen molar-refractivity contribution in [3.05, 3.63) is 29.8 Å². The summed E-state index contributed by atoms with van der Waals surface area (Å²) in [6, 6.07) is 7.69. The van der Waals surface area contributed by atoms with Crippen LogP contribution in [0.1, 0.15) is 12.0 Å². The van der Waals surface area contributed by atoms with Crippen molar-refractivity contribution in [2.75, 3.05) is 13.7 Å². The fourth-order valence-corrected chi connectivity index (χ4v) is 1.14. The first kappa shape index (κ1) is 11.5. The Balaban J connectivity index is 2.32. The summed E-state index contributed by atoms with van der Waals surface area (Å²) in [5, 5.41) is 0. The highest BCUT2D eigenvalue weighted by molar-refractivity contribution is 5.74. The zero-order chi connectivity index (χ0) is 11.1. The summed E-state index contributed by atoms with van der Waals surface area (Å²) in [6.07, 6.45) is 0.280. The van der Waals surface area contributed by atoms with Gasteiger partial charge in [-0.3, -0.25) is 9.63 Å². The molecule has 0 saturated heterocycles. The molecule has 1 aromatic carbocycles. The molecular weight excluding hydrogens is 194 g/mol. The van der Waals surface area contributed by atoms with E-state index in [4.69, 9.17) is 4.74 Å². The van der Waals surface area contributed by atoms with Crippen molar-refractivity contribution < 1.29 is 14.4 Å². The molecule has 0 aliphatic heterocycles. The molecule has 0 aromatic heterocycles. The van der Waals surface area contributed by atoms with Crippen LogP contribution in [0.15, 0.2) is 24.3 Å². The number of carbonyl (C=O) groups excluding carboxylic acids is 1. The predicted octanol–water partition coefficient (Wildman–Crippen LogP) is 1.44. The van der Waals surface area contributed by atoms with Crippen molar-refractivity contribution in [2.24, 2.45) is 0 Å². The fourth-order valence-electron chi connectivity index (χ4n) is 1.14. The van der Waals surface area contributed by atoms with Crippen LogP contribution >= 0.6 is 0 Å². The van der Waals surface area contributed by atoms with Gasteiger partial charge in [-0.2, -0.15) is 0 Å². The van der Waals surface area contributed by atoms with Crippen molar-refractivity contribution in [1.82, 2.24) is 5.48 Å². The summed E-state index contributed by atoms with van der Waals surface area (Å²) < 4.78 is 5.44. The Kier molecular flexibility index (Phi) is 4.63. The van der Waals surface area contributed by atoms with Gasteiger partial charge in [0.15, 0.2) is 0 Å². The topological polar surface area (TPSA) is 47.6 Å². The van der Waals surface area contributed by atoms with Gasteiger partial charge in [0.1, 0.15) is 5.75 Å². The SMILES string of the molecule is CONC(=O)CCOc1ccccc1C. The molecule has 1 N–H and O–H groups in total. The zero-order valence-electron chi connectivity index (χ0n) is 8.95. The third-order valence-corrected chi connectivity index (χ3v) is 1.90. The summed E-state index contributed by atoms with van der Waals surface area (Å²) in [5.41, 5.74) is 3.29. The lowest BCUT2D eigenvalue weighted by Gasteiger charge is -2.08. The van der Waals surface area contributed by atoms with E-state index < -0.39 is 0 Å². The van der Waals surface area contributed by atoms with E-state index in [-0.39, 0.29) is 12.3 Å². The van der Waals surface area contributed by atoms with Crippen LogP contribution in [-0.4, -0.2) is 19.6 Å². The fraction of sp³-hybridized carbons (Fsp3) is 0.364. The van der Waals surface area contributed by atoms with Crippen LogP contribution < -0.4 is 10.2 Å². The molecule has 0 aliphatic rings. The molecule has 1 rings (SSSR count). The zero-order valence-corrected chi connectivity index (χ0v) is 8.95. The number of benzene rings is 1. The highest BCUT2D eigenvalue weighted by Crippen LogP contribution is 2.15. The number of ether oxygens (including phenoxy) is 1. The Morgan fingerprint density at radius 2 is 2.13 bits per heavy atom. The highest BCUT2D eigenvalue weighted by Gasteiger charge is 2.01. The maximum absolute atomic E-state index is 11.0. The number of aryl methyl sites for hydroxylation is 1. The number of hydrogen-bond donors (Lipinski definition) is 1. The molecule has 0 atom stereocenters. The summed E-state index contributed by atoms with van der Waals surface area (Å²) >= 11 is 0. The molecular formula is C11H15NO3. The van der Waals surface area contributed by atoms with Crippen LogP contribution in [0.5, 0.6) is 5.75 Å². The largest absolute Gasteiger partial charge is 0.493 e. The van der Waals surface area contributed by atoms with E-state index in [0.29, 0.717) is 6.61 Å². The molecule has 0 aliphatic carbocycles. The molecule has 0 spiro atoms. The number of para-hydroxylation sites is 1. The first-order chi connectivity index (χ1) is 7.24. The van der Waals surface area contributed by atoms with Gasteiger partial charge in [-0.15, -0.1) is 0 Å². The van der Waals surface area contributed by atoms with Crippen molar-refractivity contribution in [1.29, 1.82) is 0 Å². The van der Waals surface area contributed by atoms with E-state index >= 15 is 0 Å². The first-order valence-corrected chi connectivity index (χ1v) is 4.74. The van der Waals surface area contributed by atoms with E-state index in [1.807, 2.05) is 31.2 Å². The minimum absolute atomic E-state index is 0.189. The Hall–Kier alpha value is -1.55. The standard InChI is InChI=1S/C11H15NO3/c1-9-5-3-4-6-10(9)15-8-7-11(13)12-14-2/h3-6H,7-8H2,1-2H3,(H,12,13). The first-order valence-electron chi connectivity index (χ1n) is 4.74. The number of rotatable bonds is 5. The molecule has 0 radical (unpaired) electrons. The quantitative estimate of drug-likeness (QED) is 0.746. The van der Waals surface area contributed by atoms with Gasteiger partial charge in [0.25, 0.3) is 0 Å². The Bertz CT molecular complexity index is 325. The van der Waals surface area contributed by atoms with E-state index in [1.54, 1.807) is 0 Å². The highest BCUT2D eigenvalue weighted by atomic mass is 16.6. The lowest BCUT2D eigenvalue weighted by molar-refractivity contribution is -0.131. The minimum atomic E-state index is -0.189. The molecule has 15 heavy (non-hydrogen) atoms. The van der Waals surface area contributed by atoms with Gasteiger partial charge in [0.2, 0.25) is 5.91 Å². The molecule has 4 nitrogen and oxygen atoms in total. The number of carbonyl (C=O) groups is 1. The third-order valence-electron chi connectivity index (χ3n) is 1.90. The van der Waals surface area contributed by atoms with E-state index in [9.17, 15) is 4.79 Å². The summed E-state index contributed by atoms with van der Waals surface area (Å²) in [4.78, 5) is 15.5. The van der Waals surface area contributed by atoms with Crippen LogP contribution in [-0.2, 0) is 9.63 Å². The second-order valence-corrected chi connectivity index (χ2v) is 3.09. The van der Waals surface area contributed by atoms with Crippen LogP contribution in [0, 0.1) is 6.92 Å². The third kappa shape index (κ3) is 3.99. The number of amides is 1. The normalized spacial score (nSPS) is 9.73. The molecule has 1 aromatic rings. The molecule has 1 amide bonds. The average molecular weight is 209 g/mol. The van der Waals surface area contributed by atoms with Gasteiger partial charge in [-0.25, -0.2) is 5.48 Å². The van der Waals surface area contributed by atoms with Gasteiger partial charge < -0.3 is 4.74 Å². The van der Waals surface area contributed by atoms with Crippen molar-refractivity contribution in [3.8, 4) is 5.75 Å². The maximum atomic E-state index is 11.0. The van der Waals surface area contributed by atoms with Gasteiger partial charge in [0.05, 0.1) is 20.1 Å². The van der Waals surface area contributed by atoms with Crippen LogP contribution in [0.3, 0.4) is 0 Å². The average Bonchev–Trinajstić information content (AvgIpc) is 2.21. The molecule has 4 heteroatoms. The second-order valence-electron chi connectivity index (χ2n) is 3.09. The smallest absolute Gasteiger partial charge is 0.246 e. The van der Waals surface area contributed by atoms with Crippen LogP contribution in [0.4, 0.5) is 0 Å². The summed E-state index contributed by atoms with van der Waals surface area (Å²) in [5.74, 6) is 0.619. The Labute approximate surface area is 89.1 Å². The van der Waals surface area contributed by atoms with Gasteiger partial charge in [-0.1, -0.05) is 18.2 Å². The number of nitrogens with one attached hydrogen (secondary N) is 1. The second kappa shape index (κ2) is 6.03. The molecule has 0 saturated carbocycles. The van der Waals surface area contributed by atoms with Crippen molar-refractivity contribution >= 4 is 5.91 Å². The van der Waals surface area contributed by atoms with Crippen molar-refractivity contribution in [3.63, 3.8) is 0 Å². The summed E-state index contributed by atoms with van der Waals surface area (Å²) in [6.45, 7) is 2.31. The Morgan fingerprint density at radius 3 is 2.80 bits per heavy atom. The van der Waals surface area contributed by atoms with E-state index in [0.717, 1.165) is 11.3 Å². The molecule has 0 heterocycles. The van der Waals surface area contributed by atoms with Crippen LogP contribution in [0.25, 0.3) is 0 Å². The monoisotopic (exact) mass is 209 g/mol. The predicted molar refractivity (Wildman–Crippen MR) is 56.4 cm³/mol. The van der Waals surface area contributed by atoms with E-state index in [2.05, 4.69) is 10.3 Å². The van der Waals surface area contributed by atoms with Gasteiger partial charge in [-0.05, 0) is 18.6 Å². The lowest BCUT2D eigenvalue weighted by atomic mass is 10.2. The van der Waals surface area contributed by atoms with Crippen LogP contribution in [0.2, 0.25) is 0 Å². The Morgan fingerprint density at radius 1 is 1.40 bits per heavy atom. The number of hydroxylamine groups is 1. The minimum Gasteiger partial charge on any atom is -0.493 e. The van der Waals surface area contributed by atoms with Gasteiger partial charge in [0, 0.05) is 0 Å². The molecule has 0 bridgehead atoms. The van der Waals surface area contributed by atoms with E-state index in [1.165, 1.54) is 7.11 Å². The lowest BCUT2D eigenvalue weighted by Crippen LogP contribution is -2.23.